The van der Waals surface area contributed by atoms with E-state index in [2.05, 4.69) is 5.32 Å². The van der Waals surface area contributed by atoms with Crippen LogP contribution in [0.2, 0.25) is 0 Å². The zero-order valence-corrected chi connectivity index (χ0v) is 18.8. The number of methoxy groups -OCH3 is 2. The fourth-order valence-corrected chi connectivity index (χ4v) is 4.22. The lowest BCUT2D eigenvalue weighted by atomic mass is 9.95. The number of hydrogen-bond donors (Lipinski definition) is 1. The van der Waals surface area contributed by atoms with Gasteiger partial charge in [0.25, 0.3) is 11.8 Å². The molecule has 0 aliphatic heterocycles. The molecule has 1 aliphatic rings. The Morgan fingerprint density at radius 3 is 2.33 bits per heavy atom. The highest BCUT2D eigenvalue weighted by molar-refractivity contribution is 6.08. The summed E-state index contributed by atoms with van der Waals surface area (Å²) >= 11 is 0. The largest absolute Gasteiger partial charge is 0.493 e. The van der Waals surface area contributed by atoms with E-state index in [4.69, 9.17) is 18.3 Å². The Balaban J connectivity index is 1.78. The van der Waals surface area contributed by atoms with Gasteiger partial charge in [0, 0.05) is 17.8 Å². The Labute approximate surface area is 192 Å². The van der Waals surface area contributed by atoms with Gasteiger partial charge in [0.15, 0.2) is 23.3 Å². The van der Waals surface area contributed by atoms with Gasteiger partial charge in [-0.3, -0.25) is 14.5 Å². The molecule has 8 heteroatoms. The summed E-state index contributed by atoms with van der Waals surface area (Å²) in [6, 6.07) is 10.6. The molecule has 0 saturated heterocycles. The maximum atomic E-state index is 13.6. The van der Waals surface area contributed by atoms with Crippen molar-refractivity contribution >= 4 is 17.5 Å². The normalized spacial score (nSPS) is 15.0. The highest BCUT2D eigenvalue weighted by Crippen LogP contribution is 2.36. The lowest BCUT2D eigenvalue weighted by molar-refractivity contribution is -0.123. The molecule has 2 heterocycles. The Morgan fingerprint density at radius 1 is 0.970 bits per heavy atom. The molecule has 0 spiro atoms. The molecule has 4 rings (SSSR count). The number of benzene rings is 1. The van der Waals surface area contributed by atoms with Gasteiger partial charge in [0.1, 0.15) is 5.76 Å². The average molecular weight is 453 g/mol. The second-order valence-electron chi connectivity index (χ2n) is 7.95. The predicted molar refractivity (Wildman–Crippen MR) is 122 cm³/mol. The first-order valence-corrected chi connectivity index (χ1v) is 11.0. The second kappa shape index (κ2) is 10.3. The minimum atomic E-state index is -1.04. The number of ether oxygens (including phenoxy) is 2. The van der Waals surface area contributed by atoms with Gasteiger partial charge in [-0.1, -0.05) is 19.3 Å². The molecule has 0 bridgehead atoms. The van der Waals surface area contributed by atoms with Crippen LogP contribution in [-0.2, 0) is 4.79 Å². The van der Waals surface area contributed by atoms with E-state index in [-0.39, 0.29) is 17.7 Å². The van der Waals surface area contributed by atoms with Crippen LogP contribution in [0.5, 0.6) is 11.5 Å². The molecule has 2 amide bonds. The Kier molecular flexibility index (Phi) is 7.02. The molecule has 1 atom stereocenters. The van der Waals surface area contributed by atoms with Gasteiger partial charge in [-0.05, 0) is 49.2 Å². The van der Waals surface area contributed by atoms with Crippen molar-refractivity contribution in [3.63, 3.8) is 0 Å². The molecular formula is C25H28N2O6. The van der Waals surface area contributed by atoms with Crippen molar-refractivity contribution in [1.29, 1.82) is 0 Å². The van der Waals surface area contributed by atoms with Gasteiger partial charge in [0.2, 0.25) is 0 Å². The number of carbonyl (C=O) groups is 2. The third-order valence-electron chi connectivity index (χ3n) is 5.87. The Hall–Kier alpha value is -3.68. The number of anilines is 1. The highest BCUT2D eigenvalue weighted by Gasteiger charge is 2.37. The molecule has 8 nitrogen and oxygen atoms in total. The maximum absolute atomic E-state index is 13.6. The van der Waals surface area contributed by atoms with Gasteiger partial charge >= 0.3 is 0 Å². The van der Waals surface area contributed by atoms with Gasteiger partial charge in [-0.25, -0.2) is 0 Å². The zero-order valence-electron chi connectivity index (χ0n) is 18.8. The summed E-state index contributed by atoms with van der Waals surface area (Å²) in [5.41, 5.74) is 0.439. The van der Waals surface area contributed by atoms with Gasteiger partial charge in [0.05, 0.1) is 26.7 Å². The fourth-order valence-electron chi connectivity index (χ4n) is 4.22. The minimum absolute atomic E-state index is 0.0645. The van der Waals surface area contributed by atoms with Crippen LogP contribution in [0.15, 0.2) is 63.8 Å². The molecule has 1 aromatic carbocycles. The van der Waals surface area contributed by atoms with Crippen LogP contribution >= 0.6 is 0 Å². The van der Waals surface area contributed by atoms with Crippen molar-refractivity contribution in [2.75, 3.05) is 19.1 Å². The lowest BCUT2D eigenvalue weighted by Crippen LogP contribution is -2.47. The number of nitrogens with zero attached hydrogens (tertiary/aromatic N) is 1. The first-order chi connectivity index (χ1) is 16.1. The number of nitrogens with one attached hydrogen (secondary N) is 1. The summed E-state index contributed by atoms with van der Waals surface area (Å²) in [7, 11) is 3.05. The summed E-state index contributed by atoms with van der Waals surface area (Å²) in [4.78, 5) is 28.6. The highest BCUT2D eigenvalue weighted by atomic mass is 16.5. The molecule has 0 radical (unpaired) electrons. The number of furan rings is 2. The van der Waals surface area contributed by atoms with E-state index in [9.17, 15) is 9.59 Å². The van der Waals surface area contributed by atoms with Gasteiger partial charge in [-0.2, -0.15) is 0 Å². The topological polar surface area (TPSA) is 94.2 Å². The summed E-state index contributed by atoms with van der Waals surface area (Å²) in [6.45, 7) is 0. The molecule has 3 aromatic rings. The Morgan fingerprint density at radius 2 is 1.70 bits per heavy atom. The minimum Gasteiger partial charge on any atom is -0.493 e. The molecule has 1 aliphatic carbocycles. The van der Waals surface area contributed by atoms with Crippen molar-refractivity contribution in [2.45, 2.75) is 44.2 Å². The van der Waals surface area contributed by atoms with Crippen molar-refractivity contribution in [3.05, 3.63) is 66.5 Å². The lowest BCUT2D eigenvalue weighted by Gasteiger charge is -2.31. The van der Waals surface area contributed by atoms with Crippen molar-refractivity contribution in [3.8, 4) is 11.5 Å². The van der Waals surface area contributed by atoms with E-state index < -0.39 is 11.9 Å². The van der Waals surface area contributed by atoms with E-state index in [1.165, 1.54) is 38.1 Å². The second-order valence-corrected chi connectivity index (χ2v) is 7.95. The van der Waals surface area contributed by atoms with E-state index >= 15 is 0 Å². The summed E-state index contributed by atoms with van der Waals surface area (Å²) in [5, 5.41) is 3.13. The molecule has 174 valence electrons. The average Bonchev–Trinajstić information content (AvgIpc) is 3.57. The van der Waals surface area contributed by atoms with Gasteiger partial charge < -0.3 is 23.6 Å². The molecule has 1 N–H and O–H groups in total. The standard InChI is InChI=1S/C25H28N2O6/c1-30-19-13-12-18(16-22(19)31-2)27(25(29)21-11-7-15-33-21)23(20-10-6-14-32-20)24(28)26-17-8-4-3-5-9-17/h6-7,10-17,23H,3-5,8-9H2,1-2H3,(H,26,28)/t23-/m1/s1. The maximum Gasteiger partial charge on any atom is 0.295 e. The van der Waals surface area contributed by atoms with Crippen LogP contribution in [0.25, 0.3) is 0 Å². The quantitative estimate of drug-likeness (QED) is 0.531. The molecule has 33 heavy (non-hydrogen) atoms. The number of hydrogen-bond acceptors (Lipinski definition) is 6. The van der Waals surface area contributed by atoms with Crippen LogP contribution in [0.3, 0.4) is 0 Å². The fraction of sp³-hybridized carbons (Fsp3) is 0.360. The molecule has 1 fully saturated rings. The molecule has 0 unspecified atom stereocenters. The third kappa shape index (κ3) is 4.89. The third-order valence-corrected chi connectivity index (χ3v) is 5.87. The molecule has 1 saturated carbocycles. The Bertz CT molecular complexity index is 1050. The van der Waals surface area contributed by atoms with E-state index in [1.54, 1.807) is 42.5 Å². The first-order valence-electron chi connectivity index (χ1n) is 11.0. The van der Waals surface area contributed by atoms with Crippen LogP contribution in [-0.4, -0.2) is 32.1 Å². The van der Waals surface area contributed by atoms with Crippen molar-refractivity contribution in [1.82, 2.24) is 5.32 Å². The van der Waals surface area contributed by atoms with E-state index in [0.717, 1.165) is 25.7 Å². The number of rotatable bonds is 8. The zero-order chi connectivity index (χ0) is 23.2. The van der Waals surface area contributed by atoms with Crippen molar-refractivity contribution in [2.24, 2.45) is 0 Å². The van der Waals surface area contributed by atoms with Gasteiger partial charge in [-0.15, -0.1) is 0 Å². The van der Waals surface area contributed by atoms with Crippen molar-refractivity contribution < 1.29 is 27.9 Å². The smallest absolute Gasteiger partial charge is 0.295 e. The monoisotopic (exact) mass is 452 g/mol. The summed E-state index contributed by atoms with van der Waals surface area (Å²) in [5.74, 6) is 0.592. The van der Waals surface area contributed by atoms with E-state index in [1.807, 2.05) is 0 Å². The summed E-state index contributed by atoms with van der Waals surface area (Å²) in [6.07, 6.45) is 8.05. The number of carbonyl (C=O) groups excluding carboxylic acids is 2. The van der Waals surface area contributed by atoms with E-state index in [0.29, 0.717) is 22.9 Å². The van der Waals surface area contributed by atoms with Crippen LogP contribution in [0.4, 0.5) is 5.69 Å². The number of amides is 2. The predicted octanol–water partition coefficient (Wildman–Crippen LogP) is 4.73. The first kappa shape index (κ1) is 22.5. The molecule has 2 aromatic heterocycles. The van der Waals surface area contributed by atoms with Crippen LogP contribution in [0, 0.1) is 0 Å². The summed E-state index contributed by atoms with van der Waals surface area (Å²) < 4.78 is 21.8. The van der Waals surface area contributed by atoms with Crippen LogP contribution < -0.4 is 19.7 Å². The SMILES string of the molecule is COc1ccc(N(C(=O)c2ccco2)[C@@H](C(=O)NC2CCCCC2)c2ccco2)cc1OC. The molecular weight excluding hydrogens is 424 g/mol. The van der Waals surface area contributed by atoms with Crippen LogP contribution in [0.1, 0.15) is 54.5 Å².